The number of aliphatic hydroxyl groups is 2. The maximum absolute atomic E-state index is 12.8. The first kappa shape index (κ1) is 30.2. The van der Waals surface area contributed by atoms with Gasteiger partial charge in [0.1, 0.15) is 6.10 Å². The van der Waals surface area contributed by atoms with Crippen LogP contribution < -0.4 is 0 Å². The Morgan fingerprint density at radius 3 is 2.60 bits per heavy atom. The molecule has 1 aromatic rings. The Morgan fingerprint density at radius 1 is 1.29 bits per heavy atom. The Balaban J connectivity index is 0.00000432. The van der Waals surface area contributed by atoms with Crippen molar-refractivity contribution in [1.29, 1.82) is 0 Å². The van der Waals surface area contributed by atoms with Crippen molar-refractivity contribution in [2.75, 3.05) is 0 Å². The van der Waals surface area contributed by atoms with Gasteiger partial charge in [0.05, 0.1) is 34.9 Å². The topological polar surface area (TPSA) is 109 Å². The summed E-state index contributed by atoms with van der Waals surface area (Å²) in [7, 11) is 0. The summed E-state index contributed by atoms with van der Waals surface area (Å²) in [6.45, 7) is 11.0. The van der Waals surface area contributed by atoms with Crippen molar-refractivity contribution in [2.45, 2.75) is 104 Å². The maximum atomic E-state index is 12.8. The van der Waals surface area contributed by atoms with Crippen LogP contribution in [-0.4, -0.2) is 57.0 Å². The summed E-state index contributed by atoms with van der Waals surface area (Å²) in [5, 5.41) is 24.1. The predicted octanol–water partition coefficient (Wildman–Crippen LogP) is 4.04. The zero-order valence-corrected chi connectivity index (χ0v) is 25.2. The van der Waals surface area contributed by atoms with Crippen molar-refractivity contribution in [1.82, 2.24) is 4.98 Å². The van der Waals surface area contributed by atoms with E-state index in [0.717, 1.165) is 35.5 Å². The summed E-state index contributed by atoms with van der Waals surface area (Å²) >= 11 is 1.55. The van der Waals surface area contributed by atoms with E-state index in [0.29, 0.717) is 6.42 Å². The van der Waals surface area contributed by atoms with Gasteiger partial charge in [-0.3, -0.25) is 11.2 Å². The number of nitrogens with zero attached hydrogens (tertiary/aromatic N) is 1. The minimum Gasteiger partial charge on any atom is -0.458 e. The zero-order valence-electron chi connectivity index (χ0n) is 21.4. The monoisotopic (exact) mass is 676 g/mol. The molecule has 3 heterocycles. The van der Waals surface area contributed by atoms with Gasteiger partial charge in [-0.05, 0) is 50.9 Å². The minimum atomic E-state index is -1.24. The molecule has 0 amide bonds. The molecule has 0 radical (unpaired) electrons. The van der Waals surface area contributed by atoms with Gasteiger partial charge in [-0.1, -0.05) is 33.6 Å². The number of carbonyl (C=O) groups is 2. The van der Waals surface area contributed by atoms with E-state index in [2.05, 4.69) is 11.9 Å². The van der Waals surface area contributed by atoms with Crippen LogP contribution in [0.2, 0.25) is 0 Å². The van der Waals surface area contributed by atoms with Crippen LogP contribution in [0.5, 0.6) is 0 Å². The molecule has 3 rings (SSSR count). The summed E-state index contributed by atoms with van der Waals surface area (Å²) in [5.74, 6) is -1.07. The number of ether oxygens (including phenoxy) is 2. The summed E-state index contributed by atoms with van der Waals surface area (Å²) in [6.07, 6.45) is 3.08. The van der Waals surface area contributed by atoms with Crippen LogP contribution in [0.15, 0.2) is 11.0 Å². The summed E-state index contributed by atoms with van der Waals surface area (Å²) in [5.41, 5.74) is 0.142. The van der Waals surface area contributed by atoms with Crippen molar-refractivity contribution in [2.24, 2.45) is 11.3 Å². The van der Waals surface area contributed by atoms with Crippen LogP contribution >= 0.6 is 11.3 Å². The molecule has 9 heteroatoms. The van der Waals surface area contributed by atoms with Gasteiger partial charge in [-0.15, -0.1) is 11.3 Å². The number of rotatable bonds is 2. The van der Waals surface area contributed by atoms with Crippen molar-refractivity contribution in [3.05, 3.63) is 28.1 Å². The molecule has 0 bridgehead atoms. The Kier molecular flexibility index (Phi) is 10.3. The average molecular weight is 676 g/mol. The second kappa shape index (κ2) is 12.0. The number of cyclic esters (lactones) is 1. The first-order valence-electron chi connectivity index (χ1n) is 12.0. The second-order valence-corrected chi connectivity index (χ2v) is 11.7. The minimum absolute atomic E-state index is 0. The molecule has 7 nitrogen and oxygen atoms in total. The third-order valence-electron chi connectivity index (χ3n) is 7.32. The number of carbonyl (C=O) groups excluding carboxylic acids is 2. The van der Waals surface area contributed by atoms with Crippen LogP contribution in [0.3, 0.4) is 0 Å². The Hall–Kier alpha value is -1.05. The third-order valence-corrected chi connectivity index (χ3v) is 8.12. The molecule has 6 atom stereocenters. The number of Topliss-reactive ketones (excluding diaryl/α,β-unsaturated/α-hetero) is 1. The van der Waals surface area contributed by atoms with E-state index in [4.69, 9.17) is 9.47 Å². The van der Waals surface area contributed by atoms with Crippen LogP contribution in [-0.2, 0) is 40.1 Å². The molecule has 35 heavy (non-hydrogen) atoms. The van der Waals surface area contributed by atoms with E-state index in [9.17, 15) is 19.8 Å². The third kappa shape index (κ3) is 7.72. The van der Waals surface area contributed by atoms with Crippen molar-refractivity contribution in [3.63, 3.8) is 0 Å². The predicted molar refractivity (Wildman–Crippen MR) is 131 cm³/mol. The quantitative estimate of drug-likeness (QED) is 0.277. The largest absolute Gasteiger partial charge is 0.458 e. The Labute approximate surface area is 227 Å². The van der Waals surface area contributed by atoms with Gasteiger partial charge in [0.15, 0.2) is 0 Å². The summed E-state index contributed by atoms with van der Waals surface area (Å²) < 4.78 is 11.9. The van der Waals surface area contributed by atoms with E-state index < -0.39 is 29.7 Å². The van der Waals surface area contributed by atoms with Crippen molar-refractivity contribution in [3.8, 4) is 0 Å². The molecule has 2 aliphatic rings. The molecule has 0 aromatic carbocycles. The number of hydrogen-bond acceptors (Lipinski definition) is 8. The zero-order chi connectivity index (χ0) is 25.3. The first-order valence-corrected chi connectivity index (χ1v) is 12.9. The number of epoxide rings is 1. The van der Waals surface area contributed by atoms with Crippen LogP contribution in [0, 0.1) is 24.7 Å². The molecule has 196 valence electrons. The van der Waals surface area contributed by atoms with E-state index in [1.165, 1.54) is 6.42 Å². The van der Waals surface area contributed by atoms with Crippen molar-refractivity contribution >= 4 is 29.2 Å². The molecule has 2 N–H and O–H groups in total. The normalized spacial score (nSPS) is 34.7. The summed E-state index contributed by atoms with van der Waals surface area (Å²) in [6, 6.07) is 0. The number of aryl methyl sites for hydroxylation is 1. The first-order chi connectivity index (χ1) is 15.8. The number of fused-ring (bicyclic) bond motifs is 1. The molecule has 2 fully saturated rings. The fourth-order valence-electron chi connectivity index (χ4n) is 4.37. The van der Waals surface area contributed by atoms with Gasteiger partial charge in [0, 0.05) is 44.1 Å². The molecule has 0 aliphatic carbocycles. The van der Waals surface area contributed by atoms with Gasteiger partial charge in [-0.2, -0.15) is 0 Å². The smallest absolute Gasteiger partial charge is 0.309 e. The number of ketones is 1. The Morgan fingerprint density at radius 2 is 1.97 bits per heavy atom. The molecular weight excluding hydrogens is 638 g/mol. The van der Waals surface area contributed by atoms with Gasteiger partial charge in [-0.25, -0.2) is 4.98 Å². The SMILES string of the molecule is C/C(=C\c1csc(C)n1)C1C[C@@H]2OC2(C)CCC[C@H](C)[C@H](O)[CH-]C(=O)C(C)(C)[C@@H](O)CC(=O)O1.[W]. The van der Waals surface area contributed by atoms with E-state index >= 15 is 0 Å². The summed E-state index contributed by atoms with van der Waals surface area (Å²) in [4.78, 5) is 30.1. The molecule has 2 aliphatic heterocycles. The Bertz CT molecular complexity index is 931. The van der Waals surface area contributed by atoms with Crippen molar-refractivity contribution < 1.29 is 50.3 Å². The van der Waals surface area contributed by atoms with Crippen LogP contribution in [0.1, 0.15) is 77.4 Å². The molecule has 2 saturated heterocycles. The van der Waals surface area contributed by atoms with E-state index in [-0.39, 0.29) is 50.9 Å². The fraction of sp³-hybridized carbons (Fsp3) is 0.692. The number of aliphatic hydroxyl groups excluding tert-OH is 2. The molecule has 0 spiro atoms. The van der Waals surface area contributed by atoms with Crippen LogP contribution in [0.25, 0.3) is 6.08 Å². The van der Waals surface area contributed by atoms with E-state index in [1.54, 1.807) is 25.2 Å². The van der Waals surface area contributed by atoms with Gasteiger partial charge >= 0.3 is 5.97 Å². The number of aromatic nitrogens is 1. The standard InChI is InChI=1S/C26H38NO6S.W/c1-15-8-7-9-26(6)23(33-26)12-20(16(2)10-18-14-34-17(3)27-18)32-24(31)13-22(30)25(4,5)21(29)11-19(15)28;/h10-11,14-15,19-20,22-23,28,30H,7-9,12-13H2,1-6H3;/q-1;/b16-10+;/t15-,19+,20?,22-,23-,26?;/m0./s1. The van der Waals surface area contributed by atoms with Crippen LogP contribution in [0.4, 0.5) is 0 Å². The number of hydrogen-bond donors (Lipinski definition) is 2. The second-order valence-electron chi connectivity index (χ2n) is 10.6. The van der Waals surface area contributed by atoms with Gasteiger partial charge in [0.25, 0.3) is 0 Å². The molecule has 0 saturated carbocycles. The average Bonchev–Trinajstić information content (AvgIpc) is 3.18. The molecular formula is C26H38NO6SW-. The van der Waals surface area contributed by atoms with Gasteiger partial charge in [0.2, 0.25) is 0 Å². The fourth-order valence-corrected chi connectivity index (χ4v) is 4.94. The number of thiazole rings is 1. The van der Waals surface area contributed by atoms with E-state index in [1.807, 2.05) is 32.2 Å². The molecule has 2 unspecified atom stereocenters. The van der Waals surface area contributed by atoms with Gasteiger partial charge < -0.3 is 24.5 Å². The maximum Gasteiger partial charge on any atom is 0.309 e. The molecule has 1 aromatic heterocycles. The number of esters is 1.